The molecule has 0 aromatic rings. The van der Waals surface area contributed by atoms with Gasteiger partial charge in [0.05, 0.1) is 0 Å². The zero-order chi connectivity index (χ0) is 11.9. The van der Waals surface area contributed by atoms with Crippen molar-refractivity contribution in [1.82, 2.24) is 16.0 Å². The molecule has 1 aliphatic carbocycles. The third-order valence-electron chi connectivity index (χ3n) is 3.85. The Morgan fingerprint density at radius 2 is 1.47 bits per heavy atom. The van der Waals surface area contributed by atoms with Gasteiger partial charge in [-0.1, -0.05) is 19.3 Å². The molecule has 1 aliphatic heterocycles. The standard InChI is InChI=1S/C13H25N3O/c17-13(15-11-5-2-1-3-6-11)16-12-7-4-9-14-10-8-12/h11-12,14H,1-10H2,(H2,15,16,17). The Morgan fingerprint density at radius 1 is 0.824 bits per heavy atom. The lowest BCUT2D eigenvalue weighted by Gasteiger charge is -2.24. The number of amides is 2. The average Bonchev–Trinajstić information content (AvgIpc) is 2.59. The normalized spacial score (nSPS) is 27.2. The monoisotopic (exact) mass is 239 g/mol. The van der Waals surface area contributed by atoms with E-state index in [1.54, 1.807) is 0 Å². The topological polar surface area (TPSA) is 53.2 Å². The Morgan fingerprint density at radius 3 is 2.24 bits per heavy atom. The van der Waals surface area contributed by atoms with Crippen molar-refractivity contribution in [2.75, 3.05) is 13.1 Å². The smallest absolute Gasteiger partial charge is 0.315 e. The van der Waals surface area contributed by atoms with Crippen LogP contribution in [0.3, 0.4) is 0 Å². The van der Waals surface area contributed by atoms with Crippen LogP contribution < -0.4 is 16.0 Å². The number of rotatable bonds is 2. The van der Waals surface area contributed by atoms with Gasteiger partial charge in [-0.15, -0.1) is 0 Å². The molecule has 1 saturated carbocycles. The molecule has 2 aliphatic rings. The molecule has 0 radical (unpaired) electrons. The Hall–Kier alpha value is -0.770. The summed E-state index contributed by atoms with van der Waals surface area (Å²) in [7, 11) is 0. The maximum atomic E-state index is 11.8. The minimum atomic E-state index is 0.0452. The Balaban J connectivity index is 1.68. The highest BCUT2D eigenvalue weighted by Crippen LogP contribution is 2.17. The summed E-state index contributed by atoms with van der Waals surface area (Å²) in [6.07, 6.45) is 9.47. The molecule has 0 spiro atoms. The predicted octanol–water partition coefficient (Wildman–Crippen LogP) is 1.76. The molecule has 2 rings (SSSR count). The molecule has 1 atom stereocenters. The fourth-order valence-electron chi connectivity index (χ4n) is 2.82. The molecular weight excluding hydrogens is 214 g/mol. The molecule has 4 heteroatoms. The molecule has 1 unspecified atom stereocenters. The summed E-state index contributed by atoms with van der Waals surface area (Å²) in [6.45, 7) is 2.11. The molecule has 0 aromatic carbocycles. The molecular formula is C13H25N3O. The van der Waals surface area contributed by atoms with E-state index in [4.69, 9.17) is 0 Å². The van der Waals surface area contributed by atoms with Gasteiger partial charge in [0.25, 0.3) is 0 Å². The zero-order valence-electron chi connectivity index (χ0n) is 10.6. The summed E-state index contributed by atoms with van der Waals surface area (Å²) in [5.41, 5.74) is 0. The zero-order valence-corrected chi connectivity index (χ0v) is 10.6. The van der Waals surface area contributed by atoms with Crippen molar-refractivity contribution in [1.29, 1.82) is 0 Å². The second kappa shape index (κ2) is 6.84. The van der Waals surface area contributed by atoms with Gasteiger partial charge < -0.3 is 16.0 Å². The molecule has 1 heterocycles. The number of carbonyl (C=O) groups is 1. The molecule has 4 nitrogen and oxygen atoms in total. The molecule has 3 N–H and O–H groups in total. The van der Waals surface area contributed by atoms with Crippen LogP contribution >= 0.6 is 0 Å². The summed E-state index contributed by atoms with van der Waals surface area (Å²) < 4.78 is 0. The highest BCUT2D eigenvalue weighted by Gasteiger charge is 2.18. The van der Waals surface area contributed by atoms with E-state index in [1.807, 2.05) is 0 Å². The van der Waals surface area contributed by atoms with Crippen LogP contribution in [0.1, 0.15) is 51.4 Å². The van der Waals surface area contributed by atoms with E-state index in [0.717, 1.165) is 45.2 Å². The van der Waals surface area contributed by atoms with Crippen LogP contribution in [-0.2, 0) is 0 Å². The van der Waals surface area contributed by atoms with E-state index in [2.05, 4.69) is 16.0 Å². The van der Waals surface area contributed by atoms with Crippen molar-refractivity contribution < 1.29 is 4.79 Å². The van der Waals surface area contributed by atoms with Gasteiger partial charge in [0.15, 0.2) is 0 Å². The summed E-state index contributed by atoms with van der Waals surface area (Å²) in [5.74, 6) is 0. The van der Waals surface area contributed by atoms with Crippen LogP contribution in [0, 0.1) is 0 Å². The number of nitrogens with one attached hydrogen (secondary N) is 3. The minimum absolute atomic E-state index is 0.0452. The van der Waals surface area contributed by atoms with Crippen LogP contribution in [0.4, 0.5) is 4.79 Å². The fourth-order valence-corrected chi connectivity index (χ4v) is 2.82. The highest BCUT2D eigenvalue weighted by atomic mass is 16.2. The molecule has 0 aromatic heterocycles. The number of urea groups is 1. The third kappa shape index (κ3) is 4.54. The second-order valence-electron chi connectivity index (χ2n) is 5.33. The van der Waals surface area contributed by atoms with Gasteiger partial charge in [0, 0.05) is 12.1 Å². The van der Waals surface area contributed by atoms with E-state index in [1.165, 1.54) is 19.3 Å². The van der Waals surface area contributed by atoms with Gasteiger partial charge in [-0.25, -0.2) is 4.79 Å². The fraction of sp³-hybridized carbons (Fsp3) is 0.923. The maximum Gasteiger partial charge on any atom is 0.315 e. The van der Waals surface area contributed by atoms with Gasteiger partial charge in [0.2, 0.25) is 0 Å². The molecule has 0 bridgehead atoms. The van der Waals surface area contributed by atoms with E-state index >= 15 is 0 Å². The predicted molar refractivity (Wildman–Crippen MR) is 69.0 cm³/mol. The summed E-state index contributed by atoms with van der Waals surface area (Å²) in [5, 5.41) is 9.59. The largest absolute Gasteiger partial charge is 0.335 e. The molecule has 17 heavy (non-hydrogen) atoms. The Kier molecular flexibility index (Phi) is 5.10. The van der Waals surface area contributed by atoms with Gasteiger partial charge in [-0.05, 0) is 45.2 Å². The van der Waals surface area contributed by atoms with Crippen molar-refractivity contribution >= 4 is 6.03 Å². The number of hydrogen-bond acceptors (Lipinski definition) is 2. The highest BCUT2D eigenvalue weighted by molar-refractivity contribution is 5.74. The Bertz CT molecular complexity index is 231. The van der Waals surface area contributed by atoms with Crippen molar-refractivity contribution in [3.63, 3.8) is 0 Å². The first-order valence-electron chi connectivity index (χ1n) is 7.12. The van der Waals surface area contributed by atoms with Crippen molar-refractivity contribution in [2.45, 2.75) is 63.5 Å². The molecule has 98 valence electrons. The number of carbonyl (C=O) groups excluding carboxylic acids is 1. The minimum Gasteiger partial charge on any atom is -0.335 e. The second-order valence-corrected chi connectivity index (χ2v) is 5.33. The van der Waals surface area contributed by atoms with Crippen molar-refractivity contribution in [2.24, 2.45) is 0 Å². The van der Waals surface area contributed by atoms with Crippen LogP contribution in [0.5, 0.6) is 0 Å². The van der Waals surface area contributed by atoms with Crippen LogP contribution in [0.25, 0.3) is 0 Å². The van der Waals surface area contributed by atoms with Gasteiger partial charge in [0.1, 0.15) is 0 Å². The van der Waals surface area contributed by atoms with Gasteiger partial charge >= 0.3 is 6.03 Å². The van der Waals surface area contributed by atoms with Gasteiger partial charge in [-0.3, -0.25) is 0 Å². The molecule has 2 fully saturated rings. The lowest BCUT2D eigenvalue weighted by molar-refractivity contribution is 0.227. The van der Waals surface area contributed by atoms with Gasteiger partial charge in [-0.2, -0.15) is 0 Å². The quantitative estimate of drug-likeness (QED) is 0.688. The van der Waals surface area contributed by atoms with E-state index in [9.17, 15) is 4.79 Å². The van der Waals surface area contributed by atoms with Crippen LogP contribution in [0.2, 0.25) is 0 Å². The SMILES string of the molecule is O=C(NC1CCCCC1)NC1CCCNCC1. The summed E-state index contributed by atoms with van der Waals surface area (Å²) in [6, 6.07) is 0.810. The van der Waals surface area contributed by atoms with Crippen LogP contribution in [0.15, 0.2) is 0 Å². The first-order valence-corrected chi connectivity index (χ1v) is 7.12. The van der Waals surface area contributed by atoms with Crippen molar-refractivity contribution in [3.8, 4) is 0 Å². The van der Waals surface area contributed by atoms with E-state index in [0.29, 0.717) is 12.1 Å². The average molecular weight is 239 g/mol. The summed E-state index contributed by atoms with van der Waals surface area (Å²) >= 11 is 0. The molecule has 2 amide bonds. The van der Waals surface area contributed by atoms with E-state index < -0.39 is 0 Å². The van der Waals surface area contributed by atoms with E-state index in [-0.39, 0.29) is 6.03 Å². The van der Waals surface area contributed by atoms with Crippen LogP contribution in [-0.4, -0.2) is 31.2 Å². The Labute approximate surface area is 104 Å². The maximum absolute atomic E-state index is 11.8. The number of hydrogen-bond donors (Lipinski definition) is 3. The molecule has 1 saturated heterocycles. The lowest BCUT2D eigenvalue weighted by atomic mass is 9.96. The lowest BCUT2D eigenvalue weighted by Crippen LogP contribution is -2.47. The first-order chi connectivity index (χ1) is 8.34. The van der Waals surface area contributed by atoms with Crippen molar-refractivity contribution in [3.05, 3.63) is 0 Å². The third-order valence-corrected chi connectivity index (χ3v) is 3.85. The summed E-state index contributed by atoms with van der Waals surface area (Å²) in [4.78, 5) is 11.8. The first kappa shape index (κ1) is 12.7.